The first-order chi connectivity index (χ1) is 14.0. The van der Waals surface area contributed by atoms with Crippen molar-refractivity contribution in [2.75, 3.05) is 13.7 Å². The van der Waals surface area contributed by atoms with Crippen LogP contribution in [0.3, 0.4) is 0 Å². The Bertz CT molecular complexity index is 827. The number of ether oxygens (including phenoxy) is 1. The van der Waals surface area contributed by atoms with Gasteiger partial charge in [-0.15, -0.1) is 0 Å². The third-order valence-corrected chi connectivity index (χ3v) is 5.47. The van der Waals surface area contributed by atoms with Gasteiger partial charge in [0.2, 0.25) is 0 Å². The van der Waals surface area contributed by atoms with E-state index in [-0.39, 0.29) is 23.7 Å². The molecule has 0 aliphatic carbocycles. The summed E-state index contributed by atoms with van der Waals surface area (Å²) < 4.78 is 9.91. The first-order valence-electron chi connectivity index (χ1n) is 9.41. The molecule has 29 heavy (non-hydrogen) atoms. The number of carbonyl (C=O) groups is 2. The third kappa shape index (κ3) is 5.12. The molecule has 2 atom stereocenters. The van der Waals surface area contributed by atoms with E-state index in [9.17, 15) is 9.59 Å². The average Bonchev–Trinajstić information content (AvgIpc) is 2.74. The lowest BCUT2D eigenvalue weighted by atomic mass is 9.84. The van der Waals surface area contributed by atoms with Crippen LogP contribution in [0, 0.1) is 0 Å². The quantitative estimate of drug-likeness (QED) is 0.553. The average molecular weight is 417 g/mol. The Morgan fingerprint density at radius 3 is 2.38 bits per heavy atom. The zero-order valence-corrected chi connectivity index (χ0v) is 17.0. The Morgan fingerprint density at radius 2 is 1.76 bits per heavy atom. The molecule has 2 aromatic carbocycles. The Hall–Kier alpha value is -2.47. The zero-order valence-electron chi connectivity index (χ0n) is 16.1. The summed E-state index contributed by atoms with van der Waals surface area (Å²) in [5.41, 5.74) is 1.27. The molecule has 1 aliphatic rings. The largest absolute Gasteiger partial charge is 0.468 e. The summed E-state index contributed by atoms with van der Waals surface area (Å²) >= 11 is 0. The van der Waals surface area contributed by atoms with Gasteiger partial charge < -0.3 is 23.9 Å². The molecule has 2 N–H and O–H groups in total. The number of carbonyl (C=O) groups excluding carboxylic acids is 2. The van der Waals surface area contributed by atoms with E-state index in [1.807, 2.05) is 30.3 Å². The summed E-state index contributed by atoms with van der Waals surface area (Å²) in [5.74, 6) is -0.824. The van der Waals surface area contributed by atoms with Gasteiger partial charge in [0.1, 0.15) is 11.7 Å². The van der Waals surface area contributed by atoms with Crippen molar-refractivity contribution in [3.63, 3.8) is 0 Å². The van der Waals surface area contributed by atoms with E-state index in [1.165, 1.54) is 19.2 Å². The van der Waals surface area contributed by atoms with Crippen LogP contribution in [0.25, 0.3) is 0 Å². The molecular formula is C21H24NO6P. The number of piperidine rings is 1. The minimum atomic E-state index is -2.51. The normalized spacial score (nSPS) is 17.7. The van der Waals surface area contributed by atoms with Crippen LogP contribution >= 0.6 is 8.60 Å². The molecule has 0 radical (unpaired) electrons. The number of rotatable bonds is 6. The number of hydrogen-bond acceptors (Lipinski definition) is 6. The molecule has 2 unspecified atom stereocenters. The predicted molar refractivity (Wildman–Crippen MR) is 108 cm³/mol. The standard InChI is InChI=1S/C21H24NO6P/c1-27-21(24)19(15-7-3-2-4-8-15)18-9-5-6-14-22(18)20(23)16-10-12-17(13-11-16)28-29(25)26/h2-4,7-8,10-13,18-19,25-26H,5-6,9,14H2,1H3. The van der Waals surface area contributed by atoms with Crippen LogP contribution in [0.4, 0.5) is 0 Å². The van der Waals surface area contributed by atoms with Crippen molar-refractivity contribution in [2.45, 2.75) is 31.2 Å². The van der Waals surface area contributed by atoms with E-state index in [0.717, 1.165) is 18.4 Å². The second-order valence-electron chi connectivity index (χ2n) is 6.84. The van der Waals surface area contributed by atoms with Crippen molar-refractivity contribution in [3.05, 3.63) is 65.7 Å². The van der Waals surface area contributed by atoms with Crippen LogP contribution in [-0.4, -0.2) is 46.3 Å². The van der Waals surface area contributed by atoms with Crippen molar-refractivity contribution < 1.29 is 28.6 Å². The van der Waals surface area contributed by atoms with E-state index >= 15 is 0 Å². The first-order valence-corrected chi connectivity index (χ1v) is 10.6. The molecule has 0 spiro atoms. The number of esters is 1. The molecular weight excluding hydrogens is 393 g/mol. The lowest BCUT2D eigenvalue weighted by Gasteiger charge is -2.39. The van der Waals surface area contributed by atoms with E-state index in [2.05, 4.69) is 0 Å². The van der Waals surface area contributed by atoms with Gasteiger partial charge in [0.25, 0.3) is 5.91 Å². The number of nitrogens with zero attached hydrogens (tertiary/aromatic N) is 1. The highest BCUT2D eigenvalue weighted by molar-refractivity contribution is 7.39. The van der Waals surface area contributed by atoms with E-state index < -0.39 is 14.5 Å². The molecule has 0 saturated carbocycles. The Labute approximate surface area is 170 Å². The molecule has 0 bridgehead atoms. The maximum absolute atomic E-state index is 13.2. The first kappa shape index (κ1) is 21.2. The molecule has 0 aromatic heterocycles. The topological polar surface area (TPSA) is 96.3 Å². The lowest BCUT2D eigenvalue weighted by Crippen LogP contribution is -2.48. The van der Waals surface area contributed by atoms with Gasteiger partial charge in [0.05, 0.1) is 7.11 Å². The van der Waals surface area contributed by atoms with Gasteiger partial charge >= 0.3 is 14.6 Å². The molecule has 7 nitrogen and oxygen atoms in total. The van der Waals surface area contributed by atoms with Crippen molar-refractivity contribution >= 4 is 20.5 Å². The third-order valence-electron chi connectivity index (χ3n) is 5.10. The molecule has 1 fully saturated rings. The lowest BCUT2D eigenvalue weighted by molar-refractivity contribution is -0.144. The minimum absolute atomic E-state index is 0.179. The molecule has 1 heterocycles. The fourth-order valence-electron chi connectivity index (χ4n) is 3.78. The van der Waals surface area contributed by atoms with Crippen molar-refractivity contribution in [2.24, 2.45) is 0 Å². The van der Waals surface area contributed by atoms with Crippen LogP contribution in [0.2, 0.25) is 0 Å². The second kappa shape index (κ2) is 9.83. The molecule has 154 valence electrons. The van der Waals surface area contributed by atoms with Crippen LogP contribution < -0.4 is 4.52 Å². The summed E-state index contributed by atoms with van der Waals surface area (Å²) in [5, 5.41) is 0. The fraction of sp³-hybridized carbons (Fsp3) is 0.333. The highest BCUT2D eigenvalue weighted by Gasteiger charge is 2.38. The fourth-order valence-corrected chi connectivity index (χ4v) is 4.09. The summed E-state index contributed by atoms with van der Waals surface area (Å²) in [6, 6.07) is 15.3. The van der Waals surface area contributed by atoms with Crippen LogP contribution in [-0.2, 0) is 9.53 Å². The second-order valence-corrected chi connectivity index (χ2v) is 7.53. The number of amides is 1. The Balaban J connectivity index is 1.87. The van der Waals surface area contributed by atoms with Gasteiger partial charge in [-0.2, -0.15) is 0 Å². The number of benzene rings is 2. The maximum Gasteiger partial charge on any atom is 0.391 e. The molecule has 1 aliphatic heterocycles. The molecule has 1 saturated heterocycles. The Morgan fingerprint density at radius 1 is 1.07 bits per heavy atom. The van der Waals surface area contributed by atoms with Gasteiger partial charge in [0, 0.05) is 18.2 Å². The van der Waals surface area contributed by atoms with Crippen LogP contribution in [0.15, 0.2) is 54.6 Å². The van der Waals surface area contributed by atoms with Crippen molar-refractivity contribution in [1.82, 2.24) is 4.90 Å². The SMILES string of the molecule is COC(=O)C(c1ccccc1)C1CCCCN1C(=O)c1ccc(OP(O)O)cc1. The van der Waals surface area contributed by atoms with Crippen molar-refractivity contribution in [1.29, 1.82) is 0 Å². The van der Waals surface area contributed by atoms with Crippen LogP contribution in [0.1, 0.15) is 41.1 Å². The summed E-state index contributed by atoms with van der Waals surface area (Å²) in [7, 11) is -1.15. The summed E-state index contributed by atoms with van der Waals surface area (Å²) in [4.78, 5) is 45.5. The van der Waals surface area contributed by atoms with Gasteiger partial charge in [-0.05, 0) is 49.1 Å². The highest BCUT2D eigenvalue weighted by Crippen LogP contribution is 2.33. The van der Waals surface area contributed by atoms with E-state index in [1.54, 1.807) is 17.0 Å². The maximum atomic E-state index is 13.2. The smallest absolute Gasteiger partial charge is 0.391 e. The van der Waals surface area contributed by atoms with Gasteiger partial charge in [-0.1, -0.05) is 30.3 Å². The molecule has 1 amide bonds. The Kier molecular flexibility index (Phi) is 7.20. The van der Waals surface area contributed by atoms with Crippen LogP contribution in [0.5, 0.6) is 5.75 Å². The summed E-state index contributed by atoms with van der Waals surface area (Å²) in [6.07, 6.45) is 2.50. The zero-order chi connectivity index (χ0) is 20.8. The van der Waals surface area contributed by atoms with E-state index in [4.69, 9.17) is 19.0 Å². The predicted octanol–water partition coefficient (Wildman–Crippen LogP) is 3.23. The van der Waals surface area contributed by atoms with Crippen molar-refractivity contribution in [3.8, 4) is 5.75 Å². The van der Waals surface area contributed by atoms with E-state index in [0.29, 0.717) is 18.5 Å². The molecule has 3 rings (SSSR count). The number of hydrogen-bond donors (Lipinski definition) is 2. The van der Waals surface area contributed by atoms with Gasteiger partial charge in [-0.3, -0.25) is 9.59 Å². The van der Waals surface area contributed by atoms with Gasteiger partial charge in [-0.25, -0.2) is 0 Å². The monoisotopic (exact) mass is 417 g/mol. The minimum Gasteiger partial charge on any atom is -0.468 e. The highest BCUT2D eigenvalue weighted by atomic mass is 31.2. The van der Waals surface area contributed by atoms with Gasteiger partial charge in [0.15, 0.2) is 0 Å². The molecule has 2 aromatic rings. The number of methoxy groups -OCH3 is 1. The number of likely N-dealkylation sites (tertiary alicyclic amines) is 1. The molecule has 8 heteroatoms. The summed E-state index contributed by atoms with van der Waals surface area (Å²) in [6.45, 7) is 0.556.